The average molecular weight is 386 g/mol. The average Bonchev–Trinajstić information content (AvgIpc) is 3.10. The van der Waals surface area contributed by atoms with Crippen molar-refractivity contribution in [2.45, 2.75) is 36.7 Å². The molecule has 2 aliphatic heterocycles. The van der Waals surface area contributed by atoms with Gasteiger partial charge in [-0.25, -0.2) is 18.4 Å². The Labute approximate surface area is 158 Å². The van der Waals surface area contributed by atoms with Crippen molar-refractivity contribution in [3.8, 4) is 0 Å². The molecule has 1 N–H and O–H groups in total. The summed E-state index contributed by atoms with van der Waals surface area (Å²) in [4.78, 5) is 22.9. The van der Waals surface area contributed by atoms with Gasteiger partial charge in [0.15, 0.2) is 9.84 Å². The number of carbonyl (C=O) groups is 1. The van der Waals surface area contributed by atoms with E-state index in [0.717, 1.165) is 17.8 Å². The molecule has 0 bridgehead atoms. The lowest BCUT2D eigenvalue weighted by Gasteiger charge is -2.26. The maximum atomic E-state index is 12.7. The van der Waals surface area contributed by atoms with E-state index in [4.69, 9.17) is 0 Å². The largest absolute Gasteiger partial charge is 0.341 e. The Morgan fingerprint density at radius 1 is 1.26 bits per heavy atom. The second-order valence-electron chi connectivity index (χ2n) is 7.10. The molecule has 0 radical (unpaired) electrons. The fourth-order valence-corrected chi connectivity index (χ4v) is 5.86. The third-order valence-electron chi connectivity index (χ3n) is 5.18. The minimum absolute atomic E-state index is 0.0142. The molecule has 27 heavy (non-hydrogen) atoms. The van der Waals surface area contributed by atoms with Crippen LogP contribution >= 0.6 is 0 Å². The van der Waals surface area contributed by atoms with Crippen LogP contribution in [-0.4, -0.2) is 47.5 Å². The predicted octanol–water partition coefficient (Wildman–Crippen LogP) is 2.24. The number of rotatable bonds is 4. The first-order chi connectivity index (χ1) is 13.0. The molecule has 1 fully saturated rings. The highest BCUT2D eigenvalue weighted by Gasteiger charge is 2.48. The lowest BCUT2D eigenvalue weighted by Crippen LogP contribution is -2.35. The van der Waals surface area contributed by atoms with Gasteiger partial charge in [-0.05, 0) is 18.6 Å². The summed E-state index contributed by atoms with van der Waals surface area (Å²) >= 11 is 0. The van der Waals surface area contributed by atoms with Crippen molar-refractivity contribution in [2.24, 2.45) is 0 Å². The smallest absolute Gasteiger partial charge is 0.227 e. The van der Waals surface area contributed by atoms with Gasteiger partial charge in [0.2, 0.25) is 11.9 Å². The minimum atomic E-state index is -3.32. The number of fused-ring (bicyclic) bond motifs is 3. The van der Waals surface area contributed by atoms with Crippen LogP contribution in [0.2, 0.25) is 0 Å². The van der Waals surface area contributed by atoms with Gasteiger partial charge in [-0.3, -0.25) is 4.79 Å². The molecule has 4 rings (SSSR count). The predicted molar refractivity (Wildman–Crippen MR) is 102 cm³/mol. The molecule has 142 valence electrons. The van der Waals surface area contributed by atoms with Crippen LogP contribution in [0, 0.1) is 0 Å². The monoisotopic (exact) mass is 386 g/mol. The topological polar surface area (TPSA) is 92.3 Å². The van der Waals surface area contributed by atoms with Crippen molar-refractivity contribution < 1.29 is 13.2 Å². The van der Waals surface area contributed by atoms with Crippen molar-refractivity contribution >= 4 is 27.4 Å². The molecule has 2 atom stereocenters. The SMILES string of the molecule is CCCC(=O)N1C[C@@H]2c3nc(Nc4ccccc4)ncc3CS(=O)(=O)[C@@H]2C1. The van der Waals surface area contributed by atoms with Crippen LogP contribution < -0.4 is 5.32 Å². The van der Waals surface area contributed by atoms with Crippen molar-refractivity contribution in [1.82, 2.24) is 14.9 Å². The number of amides is 1. The molecule has 8 heteroatoms. The Morgan fingerprint density at radius 2 is 2.04 bits per heavy atom. The number of hydrogen-bond donors (Lipinski definition) is 1. The number of likely N-dealkylation sites (tertiary alicyclic amines) is 1. The van der Waals surface area contributed by atoms with Crippen LogP contribution in [0.4, 0.5) is 11.6 Å². The van der Waals surface area contributed by atoms with Gasteiger partial charge >= 0.3 is 0 Å². The second kappa shape index (κ2) is 6.92. The fraction of sp³-hybridized carbons (Fsp3) is 0.421. The summed E-state index contributed by atoms with van der Waals surface area (Å²) in [6, 6.07) is 9.58. The number of aromatic nitrogens is 2. The number of nitrogens with zero attached hydrogens (tertiary/aromatic N) is 3. The van der Waals surface area contributed by atoms with Gasteiger partial charge in [-0.2, -0.15) is 0 Å². The molecule has 1 saturated heterocycles. The number of para-hydroxylation sites is 1. The maximum Gasteiger partial charge on any atom is 0.227 e. The minimum Gasteiger partial charge on any atom is -0.341 e. The first-order valence-electron chi connectivity index (χ1n) is 9.15. The lowest BCUT2D eigenvalue weighted by molar-refractivity contribution is -0.130. The van der Waals surface area contributed by atoms with Crippen LogP contribution in [0.15, 0.2) is 36.5 Å². The molecule has 0 unspecified atom stereocenters. The third-order valence-corrected chi connectivity index (χ3v) is 7.29. The standard InChI is InChI=1S/C19H22N4O3S/c1-2-6-17(24)23-10-15-16(11-23)27(25,26)12-13-9-20-19(22-18(13)15)21-14-7-4-3-5-8-14/h3-5,7-9,15-16H,2,6,10-12H2,1H3,(H,20,21,22)/t15-,16+/m0/s1. The molecule has 0 saturated carbocycles. The number of benzene rings is 1. The van der Waals surface area contributed by atoms with E-state index in [9.17, 15) is 13.2 Å². The van der Waals surface area contributed by atoms with Gasteiger partial charge in [0.25, 0.3) is 0 Å². The third kappa shape index (κ3) is 3.41. The quantitative estimate of drug-likeness (QED) is 0.866. The van der Waals surface area contributed by atoms with E-state index in [1.807, 2.05) is 37.3 Å². The second-order valence-corrected chi connectivity index (χ2v) is 9.32. The van der Waals surface area contributed by atoms with Crippen LogP contribution in [0.25, 0.3) is 0 Å². The molecule has 0 aliphatic carbocycles. The summed E-state index contributed by atoms with van der Waals surface area (Å²) in [5.74, 6) is 0.0980. The Kier molecular flexibility index (Phi) is 4.59. The van der Waals surface area contributed by atoms with Gasteiger partial charge < -0.3 is 10.2 Å². The Hall–Kier alpha value is -2.48. The van der Waals surface area contributed by atoms with E-state index in [1.54, 1.807) is 11.1 Å². The molecule has 7 nitrogen and oxygen atoms in total. The van der Waals surface area contributed by atoms with E-state index >= 15 is 0 Å². The van der Waals surface area contributed by atoms with Crippen molar-refractivity contribution in [1.29, 1.82) is 0 Å². The van der Waals surface area contributed by atoms with Gasteiger partial charge in [0.1, 0.15) is 0 Å². The van der Waals surface area contributed by atoms with E-state index in [2.05, 4.69) is 15.3 Å². The zero-order valence-corrected chi connectivity index (χ0v) is 15.9. The van der Waals surface area contributed by atoms with Crippen LogP contribution in [-0.2, 0) is 20.4 Å². The molecule has 1 aromatic heterocycles. The van der Waals surface area contributed by atoms with Crippen molar-refractivity contribution in [3.05, 3.63) is 47.8 Å². The molecule has 2 aromatic rings. The summed E-state index contributed by atoms with van der Waals surface area (Å²) in [6.07, 6.45) is 2.79. The Bertz CT molecular complexity index is 962. The highest BCUT2D eigenvalue weighted by Crippen LogP contribution is 2.39. The van der Waals surface area contributed by atoms with Gasteiger partial charge in [0.05, 0.1) is 16.7 Å². The molecule has 1 amide bonds. The zero-order chi connectivity index (χ0) is 19.0. The Morgan fingerprint density at radius 3 is 2.78 bits per heavy atom. The summed E-state index contributed by atoms with van der Waals surface area (Å²) in [6.45, 7) is 2.61. The van der Waals surface area contributed by atoms with Crippen LogP contribution in [0.1, 0.15) is 36.9 Å². The fourth-order valence-electron chi connectivity index (χ4n) is 3.86. The molecule has 1 aromatic carbocycles. The number of nitrogens with one attached hydrogen (secondary N) is 1. The van der Waals surface area contributed by atoms with E-state index in [0.29, 0.717) is 24.5 Å². The zero-order valence-electron chi connectivity index (χ0n) is 15.1. The van der Waals surface area contributed by atoms with E-state index in [-0.39, 0.29) is 24.1 Å². The molecular weight excluding hydrogens is 364 g/mol. The first-order valence-corrected chi connectivity index (χ1v) is 10.9. The number of hydrogen-bond acceptors (Lipinski definition) is 6. The van der Waals surface area contributed by atoms with E-state index < -0.39 is 15.1 Å². The summed E-state index contributed by atoms with van der Waals surface area (Å²) in [7, 11) is -3.32. The van der Waals surface area contributed by atoms with Crippen molar-refractivity contribution in [2.75, 3.05) is 18.4 Å². The molecular formula is C19H22N4O3S. The van der Waals surface area contributed by atoms with E-state index in [1.165, 1.54) is 0 Å². The number of anilines is 2. The first kappa shape index (κ1) is 17.9. The highest BCUT2D eigenvalue weighted by molar-refractivity contribution is 7.91. The van der Waals surface area contributed by atoms with Gasteiger partial charge in [-0.1, -0.05) is 25.1 Å². The lowest BCUT2D eigenvalue weighted by atomic mass is 10.00. The van der Waals surface area contributed by atoms with Gasteiger partial charge in [-0.15, -0.1) is 0 Å². The summed E-state index contributed by atoms with van der Waals surface area (Å²) in [5.41, 5.74) is 2.25. The highest BCUT2D eigenvalue weighted by atomic mass is 32.2. The molecule has 2 aliphatic rings. The van der Waals surface area contributed by atoms with Crippen molar-refractivity contribution in [3.63, 3.8) is 0 Å². The number of sulfone groups is 1. The van der Waals surface area contributed by atoms with Crippen LogP contribution in [0.3, 0.4) is 0 Å². The van der Waals surface area contributed by atoms with Gasteiger partial charge in [0, 0.05) is 42.9 Å². The Balaban J connectivity index is 1.66. The normalized spacial score (nSPS) is 22.8. The van der Waals surface area contributed by atoms with Crippen LogP contribution in [0.5, 0.6) is 0 Å². The molecule has 3 heterocycles. The molecule has 0 spiro atoms. The maximum absolute atomic E-state index is 12.7. The summed E-state index contributed by atoms with van der Waals surface area (Å²) in [5, 5.41) is 2.58. The number of carbonyl (C=O) groups excluding carboxylic acids is 1. The summed E-state index contributed by atoms with van der Waals surface area (Å²) < 4.78 is 25.4.